The second-order valence-electron chi connectivity index (χ2n) is 6.13. The molecular weight excluding hydrogens is 369 g/mol. The zero-order valence-electron chi connectivity index (χ0n) is 14.5. The minimum absolute atomic E-state index is 0.108. The molecule has 1 aliphatic carbocycles. The van der Waals surface area contributed by atoms with Gasteiger partial charge < -0.3 is 9.26 Å². The molecule has 7 nitrogen and oxygen atoms in total. The van der Waals surface area contributed by atoms with E-state index in [0.717, 1.165) is 18.7 Å². The van der Waals surface area contributed by atoms with Gasteiger partial charge in [-0.2, -0.15) is 4.98 Å². The quantitative estimate of drug-likeness (QED) is 0.409. The van der Waals surface area contributed by atoms with Crippen LogP contribution < -0.4 is 4.74 Å². The molecule has 0 saturated heterocycles. The highest BCUT2D eigenvalue weighted by Gasteiger charge is 2.29. The molecule has 0 amide bonds. The van der Waals surface area contributed by atoms with Gasteiger partial charge in [-0.3, -0.25) is 4.57 Å². The van der Waals surface area contributed by atoms with Crippen LogP contribution in [0.25, 0.3) is 0 Å². The molecule has 2 aromatic heterocycles. The number of aromatic nitrogens is 5. The highest BCUT2D eigenvalue weighted by Crippen LogP contribution is 2.39. The Morgan fingerprint density at radius 1 is 1.33 bits per heavy atom. The molecule has 0 atom stereocenters. The lowest BCUT2D eigenvalue weighted by molar-refractivity contribution is 0.275. The number of allylic oxidation sites excluding steroid dienone is 1. The molecule has 0 bridgehead atoms. The Morgan fingerprint density at radius 2 is 2.19 bits per heavy atom. The van der Waals surface area contributed by atoms with Crippen LogP contribution in [0.5, 0.6) is 5.75 Å². The van der Waals surface area contributed by atoms with E-state index in [1.54, 1.807) is 24.3 Å². The molecule has 140 valence electrons. The number of para-hydroxylation sites is 1. The number of hydrogen-bond donors (Lipinski definition) is 0. The first-order valence-corrected chi connectivity index (χ1v) is 9.58. The topological polar surface area (TPSA) is 78.9 Å². The maximum Gasteiger partial charge on any atom is 0.229 e. The normalized spacial score (nSPS) is 13.7. The summed E-state index contributed by atoms with van der Waals surface area (Å²) in [7, 11) is 0. The van der Waals surface area contributed by atoms with Gasteiger partial charge in [-0.15, -0.1) is 16.8 Å². The summed E-state index contributed by atoms with van der Waals surface area (Å²) in [6.07, 6.45) is 3.99. The summed E-state index contributed by atoms with van der Waals surface area (Å²) in [5.41, 5.74) is 0. The summed E-state index contributed by atoms with van der Waals surface area (Å²) in [5, 5.41) is 13.1. The van der Waals surface area contributed by atoms with Crippen molar-refractivity contribution in [3.05, 3.63) is 60.3 Å². The van der Waals surface area contributed by atoms with Crippen molar-refractivity contribution in [2.24, 2.45) is 0 Å². The van der Waals surface area contributed by atoms with Crippen molar-refractivity contribution in [2.45, 2.75) is 42.8 Å². The van der Waals surface area contributed by atoms with Crippen LogP contribution in [0.4, 0.5) is 4.39 Å². The second-order valence-corrected chi connectivity index (χ2v) is 7.07. The van der Waals surface area contributed by atoms with Gasteiger partial charge in [0.05, 0.1) is 5.75 Å². The van der Waals surface area contributed by atoms with E-state index in [4.69, 9.17) is 9.26 Å². The number of thioether (sulfide) groups is 1. The maximum atomic E-state index is 13.7. The van der Waals surface area contributed by atoms with Gasteiger partial charge in [0.15, 0.2) is 28.4 Å². The SMILES string of the molecule is C=CCn1c(COc2ccccc2F)nnc1SCc1noc(C2CC2)n1. The predicted molar refractivity (Wildman–Crippen MR) is 96.8 cm³/mol. The molecule has 1 saturated carbocycles. The number of hydrogen-bond acceptors (Lipinski definition) is 7. The monoisotopic (exact) mass is 387 g/mol. The maximum absolute atomic E-state index is 13.7. The van der Waals surface area contributed by atoms with Crippen LogP contribution in [0.1, 0.15) is 36.3 Å². The standard InChI is InChI=1S/C18H18FN5O2S/c1-2-9-24-16(10-25-14-6-4-3-5-13(14)19)21-22-18(24)27-11-15-20-17(26-23-15)12-7-8-12/h2-6,12H,1,7-11H2. The zero-order chi connectivity index (χ0) is 18.6. The van der Waals surface area contributed by atoms with Gasteiger partial charge in [0.2, 0.25) is 5.89 Å². The number of nitrogens with zero attached hydrogens (tertiary/aromatic N) is 5. The first-order valence-electron chi connectivity index (χ1n) is 8.60. The Balaban J connectivity index is 1.42. The largest absolute Gasteiger partial charge is 0.483 e. The Bertz CT molecular complexity index is 937. The lowest BCUT2D eigenvalue weighted by Crippen LogP contribution is -2.08. The van der Waals surface area contributed by atoms with Crippen LogP contribution >= 0.6 is 11.8 Å². The molecule has 0 aliphatic heterocycles. The Hall–Kier alpha value is -2.68. The van der Waals surface area contributed by atoms with E-state index in [9.17, 15) is 4.39 Å². The summed E-state index contributed by atoms with van der Waals surface area (Å²) >= 11 is 1.46. The lowest BCUT2D eigenvalue weighted by Gasteiger charge is -2.09. The van der Waals surface area contributed by atoms with E-state index in [0.29, 0.717) is 35.0 Å². The molecule has 27 heavy (non-hydrogen) atoms. The number of benzene rings is 1. The lowest BCUT2D eigenvalue weighted by atomic mass is 10.3. The van der Waals surface area contributed by atoms with Crippen LogP contribution in [-0.2, 0) is 18.9 Å². The van der Waals surface area contributed by atoms with Gasteiger partial charge in [-0.05, 0) is 25.0 Å². The molecule has 0 unspecified atom stereocenters. The molecule has 4 rings (SSSR count). The number of rotatable bonds is 9. The number of halogens is 1. The summed E-state index contributed by atoms with van der Waals surface area (Å²) in [4.78, 5) is 4.41. The van der Waals surface area contributed by atoms with Crippen LogP contribution in [0.3, 0.4) is 0 Å². The third-order valence-electron chi connectivity index (χ3n) is 4.04. The average Bonchev–Trinajstić information content (AvgIpc) is 3.30. The van der Waals surface area contributed by atoms with Crippen molar-refractivity contribution in [2.75, 3.05) is 0 Å². The molecule has 3 aromatic rings. The summed E-state index contributed by atoms with van der Waals surface area (Å²) in [6.45, 7) is 4.40. The van der Waals surface area contributed by atoms with Crippen LogP contribution in [0.2, 0.25) is 0 Å². The van der Waals surface area contributed by atoms with Crippen LogP contribution in [-0.4, -0.2) is 24.9 Å². The van der Waals surface area contributed by atoms with Crippen LogP contribution in [0, 0.1) is 5.82 Å². The molecule has 0 spiro atoms. The molecule has 1 aromatic carbocycles. The van der Waals surface area contributed by atoms with E-state index >= 15 is 0 Å². The van der Waals surface area contributed by atoms with E-state index in [-0.39, 0.29) is 12.4 Å². The second kappa shape index (κ2) is 7.91. The molecule has 0 radical (unpaired) electrons. The third-order valence-corrected chi connectivity index (χ3v) is 5.00. The molecule has 1 aliphatic rings. The van der Waals surface area contributed by atoms with E-state index in [1.807, 2.05) is 4.57 Å². The van der Waals surface area contributed by atoms with E-state index in [2.05, 4.69) is 26.9 Å². The highest BCUT2D eigenvalue weighted by molar-refractivity contribution is 7.98. The fourth-order valence-corrected chi connectivity index (χ4v) is 3.31. The Kier molecular flexibility index (Phi) is 5.19. The van der Waals surface area contributed by atoms with E-state index < -0.39 is 5.82 Å². The molecule has 1 fully saturated rings. The molecular formula is C18H18FN5O2S. The summed E-state index contributed by atoms with van der Waals surface area (Å²) in [6, 6.07) is 6.26. The fraction of sp³-hybridized carbons (Fsp3) is 0.333. The Morgan fingerprint density at radius 3 is 2.96 bits per heavy atom. The van der Waals surface area contributed by atoms with Gasteiger partial charge >= 0.3 is 0 Å². The average molecular weight is 387 g/mol. The summed E-state index contributed by atoms with van der Waals surface area (Å²) in [5.74, 6) is 2.68. The van der Waals surface area contributed by atoms with Crippen molar-refractivity contribution in [1.82, 2.24) is 24.9 Å². The van der Waals surface area contributed by atoms with Crippen molar-refractivity contribution >= 4 is 11.8 Å². The minimum Gasteiger partial charge on any atom is -0.483 e. The van der Waals surface area contributed by atoms with Crippen molar-refractivity contribution in [3.63, 3.8) is 0 Å². The fourth-order valence-electron chi connectivity index (χ4n) is 2.50. The summed E-state index contributed by atoms with van der Waals surface area (Å²) < 4.78 is 26.4. The molecule has 9 heteroatoms. The highest BCUT2D eigenvalue weighted by atomic mass is 32.2. The zero-order valence-corrected chi connectivity index (χ0v) is 15.4. The van der Waals surface area contributed by atoms with Gasteiger partial charge in [-0.25, -0.2) is 4.39 Å². The van der Waals surface area contributed by atoms with Crippen molar-refractivity contribution in [1.29, 1.82) is 0 Å². The van der Waals surface area contributed by atoms with Gasteiger partial charge in [-0.1, -0.05) is 35.1 Å². The predicted octanol–water partition coefficient (Wildman–Crippen LogP) is 3.73. The van der Waals surface area contributed by atoms with Gasteiger partial charge in [0.1, 0.15) is 6.61 Å². The third kappa shape index (κ3) is 4.19. The smallest absolute Gasteiger partial charge is 0.229 e. The van der Waals surface area contributed by atoms with Crippen molar-refractivity contribution in [3.8, 4) is 5.75 Å². The Labute approximate surface area is 159 Å². The van der Waals surface area contributed by atoms with Crippen molar-refractivity contribution < 1.29 is 13.7 Å². The van der Waals surface area contributed by atoms with Gasteiger partial charge in [0, 0.05) is 12.5 Å². The minimum atomic E-state index is -0.412. The molecule has 0 N–H and O–H groups in total. The van der Waals surface area contributed by atoms with Gasteiger partial charge in [0.25, 0.3) is 0 Å². The first-order chi connectivity index (χ1) is 13.2. The first kappa shape index (κ1) is 17.7. The molecule has 2 heterocycles. The number of ether oxygens (including phenoxy) is 1. The van der Waals surface area contributed by atoms with Crippen LogP contribution in [0.15, 0.2) is 46.6 Å². The van der Waals surface area contributed by atoms with E-state index in [1.165, 1.54) is 17.8 Å².